The van der Waals surface area contributed by atoms with Gasteiger partial charge in [0.15, 0.2) is 0 Å². The Kier molecular flexibility index (Phi) is 2.75. The molecular weight excluding hydrogens is 222 g/mol. The number of non-ortho nitro benzene ring substituents is 1. The fourth-order valence-electron chi connectivity index (χ4n) is 1.80. The number of rotatable bonds is 2. The third-order valence-corrected chi connectivity index (χ3v) is 2.68. The summed E-state index contributed by atoms with van der Waals surface area (Å²) in [6.45, 7) is 0.354. The molecule has 0 spiro atoms. The molecular formula is C11H9N3O3. The molecule has 17 heavy (non-hydrogen) atoms. The minimum Gasteiger partial charge on any atom is -0.311 e. The minimum absolute atomic E-state index is 0.0165. The Balaban J connectivity index is 2.21. The first-order valence-corrected chi connectivity index (χ1v) is 5.06. The van der Waals surface area contributed by atoms with Gasteiger partial charge in [-0.25, -0.2) is 0 Å². The molecule has 0 bridgehead atoms. The zero-order valence-corrected chi connectivity index (χ0v) is 8.87. The fourth-order valence-corrected chi connectivity index (χ4v) is 1.80. The molecule has 1 aliphatic rings. The lowest BCUT2D eigenvalue weighted by Crippen LogP contribution is -2.24. The Hall–Kier alpha value is -2.42. The van der Waals surface area contributed by atoms with Gasteiger partial charge in [0, 0.05) is 30.8 Å². The van der Waals surface area contributed by atoms with Gasteiger partial charge in [0.2, 0.25) is 5.91 Å². The summed E-state index contributed by atoms with van der Waals surface area (Å²) >= 11 is 0. The van der Waals surface area contributed by atoms with Crippen LogP contribution in [0.25, 0.3) is 0 Å². The molecule has 0 saturated carbocycles. The molecule has 6 nitrogen and oxygen atoms in total. The highest BCUT2D eigenvalue weighted by Crippen LogP contribution is 2.26. The number of nitriles is 1. The predicted molar refractivity (Wildman–Crippen MR) is 59.2 cm³/mol. The fraction of sp³-hybridized carbons (Fsp3) is 0.273. The second-order valence-corrected chi connectivity index (χ2v) is 3.81. The first-order valence-electron chi connectivity index (χ1n) is 5.06. The van der Waals surface area contributed by atoms with Crippen LogP contribution in [-0.2, 0) is 4.79 Å². The van der Waals surface area contributed by atoms with E-state index in [-0.39, 0.29) is 23.9 Å². The van der Waals surface area contributed by atoms with Gasteiger partial charge in [-0.2, -0.15) is 5.26 Å². The van der Waals surface area contributed by atoms with E-state index in [1.54, 1.807) is 0 Å². The number of anilines is 1. The summed E-state index contributed by atoms with van der Waals surface area (Å²) in [6.07, 6.45) is 0.216. The lowest BCUT2D eigenvalue weighted by atomic mass is 10.1. The second kappa shape index (κ2) is 4.22. The first-order chi connectivity index (χ1) is 8.11. The highest BCUT2D eigenvalue weighted by Gasteiger charge is 2.30. The van der Waals surface area contributed by atoms with Crippen LogP contribution in [0.4, 0.5) is 11.4 Å². The molecule has 0 radical (unpaired) electrons. The van der Waals surface area contributed by atoms with Crippen LogP contribution < -0.4 is 4.90 Å². The third kappa shape index (κ3) is 2.08. The molecule has 1 unspecified atom stereocenters. The monoisotopic (exact) mass is 231 g/mol. The summed E-state index contributed by atoms with van der Waals surface area (Å²) < 4.78 is 0. The van der Waals surface area contributed by atoms with Gasteiger partial charge in [0.25, 0.3) is 5.69 Å². The van der Waals surface area contributed by atoms with Crippen molar-refractivity contribution < 1.29 is 9.72 Å². The molecule has 1 fully saturated rings. The van der Waals surface area contributed by atoms with Crippen LogP contribution in [0.15, 0.2) is 24.3 Å². The van der Waals surface area contributed by atoms with Gasteiger partial charge in [-0.15, -0.1) is 0 Å². The molecule has 1 aromatic rings. The minimum atomic E-state index is -0.492. The second-order valence-electron chi connectivity index (χ2n) is 3.81. The van der Waals surface area contributed by atoms with Crippen molar-refractivity contribution >= 4 is 17.3 Å². The van der Waals surface area contributed by atoms with Gasteiger partial charge in [0.05, 0.1) is 16.9 Å². The van der Waals surface area contributed by atoms with Gasteiger partial charge in [0.1, 0.15) is 0 Å². The van der Waals surface area contributed by atoms with Crippen LogP contribution in [-0.4, -0.2) is 17.4 Å². The molecule has 1 saturated heterocycles. The summed E-state index contributed by atoms with van der Waals surface area (Å²) in [5, 5.41) is 19.2. The topological polar surface area (TPSA) is 87.2 Å². The molecule has 2 rings (SSSR count). The quantitative estimate of drug-likeness (QED) is 0.569. The van der Waals surface area contributed by atoms with Crippen molar-refractivity contribution in [3.8, 4) is 6.07 Å². The standard InChI is InChI=1S/C11H9N3O3/c12-6-8-5-11(15)13(7-8)9-1-3-10(4-2-9)14(16)17/h1-4,8H,5,7H2. The molecule has 1 heterocycles. The van der Waals surface area contributed by atoms with Crippen molar-refractivity contribution in [2.24, 2.45) is 5.92 Å². The van der Waals surface area contributed by atoms with E-state index >= 15 is 0 Å². The first kappa shape index (κ1) is 11.1. The van der Waals surface area contributed by atoms with E-state index in [1.807, 2.05) is 0 Å². The van der Waals surface area contributed by atoms with E-state index < -0.39 is 4.92 Å². The van der Waals surface area contributed by atoms with E-state index in [2.05, 4.69) is 6.07 Å². The Bertz CT molecular complexity index is 504. The Labute approximate surface area is 97.2 Å². The van der Waals surface area contributed by atoms with E-state index in [9.17, 15) is 14.9 Å². The Morgan fingerprint density at radius 2 is 2.06 bits per heavy atom. The lowest BCUT2D eigenvalue weighted by molar-refractivity contribution is -0.384. The summed E-state index contributed by atoms with van der Waals surface area (Å²) in [6, 6.07) is 7.80. The number of carbonyl (C=O) groups is 1. The molecule has 1 aliphatic heterocycles. The van der Waals surface area contributed by atoms with Gasteiger partial charge < -0.3 is 4.90 Å². The summed E-state index contributed by atoms with van der Waals surface area (Å²) in [5.74, 6) is -0.414. The number of nitro groups is 1. The van der Waals surface area contributed by atoms with Gasteiger partial charge >= 0.3 is 0 Å². The third-order valence-electron chi connectivity index (χ3n) is 2.68. The van der Waals surface area contributed by atoms with Crippen molar-refractivity contribution in [1.82, 2.24) is 0 Å². The van der Waals surface area contributed by atoms with Gasteiger partial charge in [-0.05, 0) is 12.1 Å². The van der Waals surface area contributed by atoms with Crippen molar-refractivity contribution in [3.63, 3.8) is 0 Å². The molecule has 0 N–H and O–H groups in total. The predicted octanol–water partition coefficient (Wildman–Crippen LogP) is 1.47. The number of nitro benzene ring substituents is 1. The van der Waals surface area contributed by atoms with Crippen LogP contribution in [0.2, 0.25) is 0 Å². The number of hydrogen-bond acceptors (Lipinski definition) is 4. The maximum Gasteiger partial charge on any atom is 0.269 e. The molecule has 1 aromatic carbocycles. The Morgan fingerprint density at radius 3 is 2.53 bits per heavy atom. The maximum absolute atomic E-state index is 11.6. The maximum atomic E-state index is 11.6. The van der Waals surface area contributed by atoms with Crippen LogP contribution in [0.3, 0.4) is 0 Å². The zero-order valence-electron chi connectivity index (χ0n) is 8.87. The molecule has 86 valence electrons. The van der Waals surface area contributed by atoms with Crippen LogP contribution in [0, 0.1) is 27.4 Å². The molecule has 1 atom stereocenters. The number of carbonyl (C=O) groups excluding carboxylic acids is 1. The van der Waals surface area contributed by atoms with Crippen LogP contribution in [0.1, 0.15) is 6.42 Å². The highest BCUT2D eigenvalue weighted by molar-refractivity contribution is 5.96. The smallest absolute Gasteiger partial charge is 0.269 e. The molecule has 6 heteroatoms. The number of amides is 1. The van der Waals surface area contributed by atoms with Crippen LogP contribution in [0.5, 0.6) is 0 Å². The van der Waals surface area contributed by atoms with Crippen molar-refractivity contribution in [3.05, 3.63) is 34.4 Å². The molecule has 0 aliphatic carbocycles. The van der Waals surface area contributed by atoms with Crippen LogP contribution >= 0.6 is 0 Å². The van der Waals surface area contributed by atoms with Gasteiger partial charge in [-0.3, -0.25) is 14.9 Å². The highest BCUT2D eigenvalue weighted by atomic mass is 16.6. The van der Waals surface area contributed by atoms with E-state index in [0.29, 0.717) is 12.2 Å². The molecule has 1 amide bonds. The van der Waals surface area contributed by atoms with Gasteiger partial charge in [-0.1, -0.05) is 0 Å². The van der Waals surface area contributed by atoms with Crippen molar-refractivity contribution in [1.29, 1.82) is 5.26 Å². The number of nitrogens with zero attached hydrogens (tertiary/aromatic N) is 3. The largest absolute Gasteiger partial charge is 0.311 e. The lowest BCUT2D eigenvalue weighted by Gasteiger charge is -2.15. The average Bonchev–Trinajstić information content (AvgIpc) is 2.71. The average molecular weight is 231 g/mol. The van der Waals surface area contributed by atoms with Crippen molar-refractivity contribution in [2.75, 3.05) is 11.4 Å². The normalized spacial score (nSPS) is 19.1. The zero-order chi connectivity index (χ0) is 12.4. The number of benzene rings is 1. The van der Waals surface area contributed by atoms with E-state index in [1.165, 1.54) is 29.2 Å². The molecule has 0 aromatic heterocycles. The summed E-state index contributed by atoms with van der Waals surface area (Å²) in [4.78, 5) is 23.1. The summed E-state index contributed by atoms with van der Waals surface area (Å²) in [7, 11) is 0. The van der Waals surface area contributed by atoms with E-state index in [4.69, 9.17) is 5.26 Å². The van der Waals surface area contributed by atoms with E-state index in [0.717, 1.165) is 0 Å². The number of hydrogen-bond donors (Lipinski definition) is 0. The summed E-state index contributed by atoms with van der Waals surface area (Å²) in [5.41, 5.74) is 0.579. The SMILES string of the molecule is N#CC1CC(=O)N(c2ccc([N+](=O)[O-])cc2)C1. The Morgan fingerprint density at radius 1 is 1.41 bits per heavy atom. The van der Waals surface area contributed by atoms with Crippen molar-refractivity contribution in [2.45, 2.75) is 6.42 Å².